The Bertz CT molecular complexity index is 677. The topological polar surface area (TPSA) is 70.2 Å². The molecule has 116 valence electrons. The summed E-state index contributed by atoms with van der Waals surface area (Å²) >= 11 is 0. The van der Waals surface area contributed by atoms with Crippen molar-refractivity contribution < 1.29 is 4.92 Å². The van der Waals surface area contributed by atoms with E-state index >= 15 is 0 Å². The van der Waals surface area contributed by atoms with E-state index in [4.69, 9.17) is 0 Å². The number of anilines is 1. The van der Waals surface area contributed by atoms with Crippen LogP contribution in [0.15, 0.2) is 18.2 Å². The Morgan fingerprint density at radius 3 is 2.73 bits per heavy atom. The fourth-order valence-corrected chi connectivity index (χ4v) is 4.72. The summed E-state index contributed by atoms with van der Waals surface area (Å²) in [6.45, 7) is 7.86. The first-order chi connectivity index (χ1) is 10.2. The first-order valence-electron chi connectivity index (χ1n) is 7.68. The molecule has 0 amide bonds. The lowest BCUT2D eigenvalue weighted by Gasteiger charge is -2.39. The maximum absolute atomic E-state index is 10.9. The summed E-state index contributed by atoms with van der Waals surface area (Å²) in [5.41, 5.74) is 1.80. The van der Waals surface area contributed by atoms with Crippen molar-refractivity contribution in [2.24, 2.45) is 10.8 Å². The normalized spacial score (nSPS) is 29.2. The number of hydrogen-bond donors (Lipinski definition) is 0. The minimum Gasteiger partial charge on any atom is -0.367 e. The van der Waals surface area contributed by atoms with E-state index in [1.54, 1.807) is 6.07 Å². The SMILES string of the molecule is CC1(C)C[C@@H]2C[C@](C)(CN2c2ccc([N+](=O)[O-])cc2C#N)C1. The van der Waals surface area contributed by atoms with Gasteiger partial charge in [-0.15, -0.1) is 0 Å². The summed E-state index contributed by atoms with van der Waals surface area (Å²) in [7, 11) is 0. The van der Waals surface area contributed by atoms with Gasteiger partial charge in [0, 0.05) is 24.7 Å². The Labute approximate surface area is 130 Å². The molecule has 1 aliphatic heterocycles. The molecule has 5 nitrogen and oxygen atoms in total. The molecule has 0 N–H and O–H groups in total. The lowest BCUT2D eigenvalue weighted by Crippen LogP contribution is -2.34. The number of nitrogens with zero attached hydrogens (tertiary/aromatic N) is 3. The standard InChI is InChI=1S/C17H21N3O2/c1-16(2)7-14-8-17(3,10-16)11-19(14)15-5-4-13(20(21)22)6-12(15)9-18/h4-6,14H,7-8,10-11H2,1-3H3/t14-,17+/m1/s1. The molecule has 2 atom stereocenters. The third-order valence-electron chi connectivity index (χ3n) is 5.04. The minimum absolute atomic E-state index is 0.0194. The number of rotatable bonds is 2. The van der Waals surface area contributed by atoms with E-state index in [1.807, 2.05) is 0 Å². The van der Waals surface area contributed by atoms with Gasteiger partial charge in [0.15, 0.2) is 0 Å². The van der Waals surface area contributed by atoms with Gasteiger partial charge in [0.2, 0.25) is 0 Å². The van der Waals surface area contributed by atoms with Gasteiger partial charge in [0.1, 0.15) is 6.07 Å². The third kappa shape index (κ3) is 2.43. The summed E-state index contributed by atoms with van der Waals surface area (Å²) in [6.07, 6.45) is 3.42. The summed E-state index contributed by atoms with van der Waals surface area (Å²) in [5, 5.41) is 20.3. The van der Waals surface area contributed by atoms with Crippen LogP contribution in [0.1, 0.15) is 45.6 Å². The Hall–Kier alpha value is -2.09. The van der Waals surface area contributed by atoms with Crippen LogP contribution < -0.4 is 4.90 Å². The van der Waals surface area contributed by atoms with Gasteiger partial charge in [-0.25, -0.2) is 0 Å². The van der Waals surface area contributed by atoms with Crippen LogP contribution in [0.5, 0.6) is 0 Å². The van der Waals surface area contributed by atoms with Crippen molar-refractivity contribution in [3.8, 4) is 6.07 Å². The van der Waals surface area contributed by atoms with Crippen LogP contribution in [0.3, 0.4) is 0 Å². The van der Waals surface area contributed by atoms with Crippen LogP contribution in [0.2, 0.25) is 0 Å². The zero-order chi connectivity index (χ0) is 16.1. The smallest absolute Gasteiger partial charge is 0.270 e. The quantitative estimate of drug-likeness (QED) is 0.614. The summed E-state index contributed by atoms with van der Waals surface area (Å²) in [4.78, 5) is 12.8. The van der Waals surface area contributed by atoms with Gasteiger partial charge < -0.3 is 4.90 Å². The highest BCUT2D eigenvalue weighted by atomic mass is 16.6. The number of nitriles is 1. The van der Waals surface area contributed by atoms with E-state index in [0.29, 0.717) is 17.0 Å². The van der Waals surface area contributed by atoms with Gasteiger partial charge in [-0.2, -0.15) is 5.26 Å². The molecule has 5 heteroatoms. The molecule has 2 aliphatic rings. The van der Waals surface area contributed by atoms with Crippen molar-refractivity contribution in [3.63, 3.8) is 0 Å². The molecule has 22 heavy (non-hydrogen) atoms. The van der Waals surface area contributed by atoms with Gasteiger partial charge in [-0.05, 0) is 36.2 Å². The molecule has 2 bridgehead atoms. The molecule has 0 spiro atoms. The van der Waals surface area contributed by atoms with Crippen molar-refractivity contribution in [2.45, 2.75) is 46.1 Å². The fraction of sp³-hybridized carbons (Fsp3) is 0.588. The monoisotopic (exact) mass is 299 g/mol. The van der Waals surface area contributed by atoms with E-state index in [9.17, 15) is 15.4 Å². The molecule has 1 aromatic rings. The van der Waals surface area contributed by atoms with Crippen molar-refractivity contribution in [1.82, 2.24) is 0 Å². The van der Waals surface area contributed by atoms with Crippen LogP contribution in [0.4, 0.5) is 11.4 Å². The zero-order valence-corrected chi connectivity index (χ0v) is 13.3. The van der Waals surface area contributed by atoms with Crippen LogP contribution >= 0.6 is 0 Å². The molecule has 1 saturated heterocycles. The highest BCUT2D eigenvalue weighted by molar-refractivity contribution is 5.64. The Kier molecular flexibility index (Phi) is 3.17. The van der Waals surface area contributed by atoms with E-state index in [0.717, 1.165) is 25.1 Å². The van der Waals surface area contributed by atoms with Crippen LogP contribution in [-0.4, -0.2) is 17.5 Å². The van der Waals surface area contributed by atoms with Crippen LogP contribution in [0, 0.1) is 32.3 Å². The highest BCUT2D eigenvalue weighted by Crippen LogP contribution is 2.53. The number of hydrogen-bond acceptors (Lipinski definition) is 4. The molecule has 0 aromatic heterocycles. The van der Waals surface area contributed by atoms with Crippen LogP contribution in [0.25, 0.3) is 0 Å². The first-order valence-corrected chi connectivity index (χ1v) is 7.68. The second kappa shape index (κ2) is 4.70. The number of fused-ring (bicyclic) bond motifs is 2. The van der Waals surface area contributed by atoms with Gasteiger partial charge in [0.05, 0.1) is 16.2 Å². The molecule has 3 rings (SSSR count). The summed E-state index contributed by atoms with van der Waals surface area (Å²) < 4.78 is 0. The zero-order valence-electron chi connectivity index (χ0n) is 13.3. The lowest BCUT2D eigenvalue weighted by molar-refractivity contribution is -0.384. The predicted molar refractivity (Wildman–Crippen MR) is 84.7 cm³/mol. The average Bonchev–Trinajstić information content (AvgIpc) is 2.67. The third-order valence-corrected chi connectivity index (χ3v) is 5.04. The molecule has 0 radical (unpaired) electrons. The Morgan fingerprint density at radius 2 is 2.09 bits per heavy atom. The van der Waals surface area contributed by atoms with Gasteiger partial charge >= 0.3 is 0 Å². The number of non-ortho nitro benzene ring substituents is 1. The van der Waals surface area contributed by atoms with Gasteiger partial charge in [-0.1, -0.05) is 20.8 Å². The molecule has 1 aliphatic carbocycles. The number of nitro groups is 1. The second-order valence-corrected chi connectivity index (χ2v) is 7.91. The molecule has 1 aromatic carbocycles. The lowest BCUT2D eigenvalue weighted by atomic mass is 9.65. The summed E-state index contributed by atoms with van der Waals surface area (Å²) in [6, 6.07) is 7.20. The maximum atomic E-state index is 10.9. The number of nitro benzene ring substituents is 1. The van der Waals surface area contributed by atoms with Gasteiger partial charge in [0.25, 0.3) is 5.69 Å². The molecular weight excluding hydrogens is 278 g/mol. The van der Waals surface area contributed by atoms with E-state index in [-0.39, 0.29) is 11.1 Å². The fourth-order valence-electron chi connectivity index (χ4n) is 4.72. The van der Waals surface area contributed by atoms with Crippen molar-refractivity contribution >= 4 is 11.4 Å². The van der Waals surface area contributed by atoms with E-state index in [2.05, 4.69) is 31.7 Å². The van der Waals surface area contributed by atoms with E-state index < -0.39 is 4.92 Å². The van der Waals surface area contributed by atoms with Crippen LogP contribution in [-0.2, 0) is 0 Å². The largest absolute Gasteiger partial charge is 0.367 e. The Morgan fingerprint density at radius 1 is 1.36 bits per heavy atom. The Balaban J connectivity index is 1.99. The molecule has 1 saturated carbocycles. The van der Waals surface area contributed by atoms with Crippen molar-refractivity contribution in [2.75, 3.05) is 11.4 Å². The van der Waals surface area contributed by atoms with E-state index in [1.165, 1.54) is 18.6 Å². The highest BCUT2D eigenvalue weighted by Gasteiger charge is 2.49. The molecule has 2 fully saturated rings. The first kappa shape index (κ1) is 14.8. The number of benzene rings is 1. The average molecular weight is 299 g/mol. The second-order valence-electron chi connectivity index (χ2n) is 7.91. The molecular formula is C17H21N3O2. The minimum atomic E-state index is -0.447. The predicted octanol–water partition coefficient (Wildman–Crippen LogP) is 3.87. The van der Waals surface area contributed by atoms with Crippen molar-refractivity contribution in [1.29, 1.82) is 5.26 Å². The maximum Gasteiger partial charge on any atom is 0.270 e. The van der Waals surface area contributed by atoms with Crippen molar-refractivity contribution in [3.05, 3.63) is 33.9 Å². The van der Waals surface area contributed by atoms with Gasteiger partial charge in [-0.3, -0.25) is 10.1 Å². The molecule has 1 heterocycles. The molecule has 0 unspecified atom stereocenters. The summed E-state index contributed by atoms with van der Waals surface area (Å²) in [5.74, 6) is 0.